The smallest absolute Gasteiger partial charge is 0.127 e. The van der Waals surface area contributed by atoms with Gasteiger partial charge in [-0.3, -0.25) is 0 Å². The molecular formula is C21H25ClO2. The van der Waals surface area contributed by atoms with Crippen molar-refractivity contribution in [3.05, 3.63) is 65.2 Å². The second-order valence-corrected chi connectivity index (χ2v) is 7.02. The van der Waals surface area contributed by atoms with Gasteiger partial charge in [-0.2, -0.15) is 0 Å². The third kappa shape index (κ3) is 4.75. The van der Waals surface area contributed by atoms with E-state index in [4.69, 9.17) is 21.1 Å². The molecule has 2 atom stereocenters. The van der Waals surface area contributed by atoms with Crippen LogP contribution in [0.25, 0.3) is 0 Å². The lowest BCUT2D eigenvalue weighted by Crippen LogP contribution is -2.37. The SMILES string of the molecule is C[C@H](OCc1ccccc1)[C@H](Oc1cccc(Cl)c1)C1CCCC1. The number of halogens is 1. The molecule has 1 fully saturated rings. The van der Waals surface area contributed by atoms with Gasteiger partial charge in [-0.15, -0.1) is 0 Å². The van der Waals surface area contributed by atoms with E-state index in [1.54, 1.807) is 0 Å². The van der Waals surface area contributed by atoms with Crippen molar-refractivity contribution in [3.8, 4) is 5.75 Å². The van der Waals surface area contributed by atoms with Crippen molar-refractivity contribution in [2.45, 2.75) is 51.4 Å². The number of hydrogen-bond acceptors (Lipinski definition) is 2. The fourth-order valence-corrected chi connectivity index (χ4v) is 3.64. The van der Waals surface area contributed by atoms with Crippen molar-refractivity contribution in [3.63, 3.8) is 0 Å². The highest BCUT2D eigenvalue weighted by molar-refractivity contribution is 6.30. The van der Waals surface area contributed by atoms with Crippen LogP contribution in [0.4, 0.5) is 0 Å². The van der Waals surface area contributed by atoms with Gasteiger partial charge in [0.1, 0.15) is 11.9 Å². The molecule has 1 aliphatic carbocycles. The molecule has 0 radical (unpaired) electrons. The van der Waals surface area contributed by atoms with Crippen molar-refractivity contribution in [2.24, 2.45) is 5.92 Å². The lowest BCUT2D eigenvalue weighted by molar-refractivity contribution is -0.0461. The fraction of sp³-hybridized carbons (Fsp3) is 0.429. The normalized spacial score (nSPS) is 17.6. The number of rotatable bonds is 7. The average Bonchev–Trinajstić information content (AvgIpc) is 3.13. The molecule has 0 saturated heterocycles. The molecule has 0 amide bonds. The van der Waals surface area contributed by atoms with Crippen LogP contribution in [0.1, 0.15) is 38.2 Å². The lowest BCUT2D eigenvalue weighted by Gasteiger charge is -2.30. The van der Waals surface area contributed by atoms with Crippen LogP contribution < -0.4 is 4.74 Å². The van der Waals surface area contributed by atoms with Crippen LogP contribution in [0, 0.1) is 5.92 Å². The van der Waals surface area contributed by atoms with Crippen molar-refractivity contribution in [2.75, 3.05) is 0 Å². The maximum atomic E-state index is 6.32. The summed E-state index contributed by atoms with van der Waals surface area (Å²) in [5.74, 6) is 1.38. The molecule has 1 saturated carbocycles. The summed E-state index contributed by atoms with van der Waals surface area (Å²) < 4.78 is 12.5. The molecule has 1 aliphatic rings. The zero-order chi connectivity index (χ0) is 16.8. The second-order valence-electron chi connectivity index (χ2n) is 6.59. The van der Waals surface area contributed by atoms with E-state index in [0.717, 1.165) is 5.75 Å². The second kappa shape index (κ2) is 8.55. The number of ether oxygens (including phenoxy) is 2. The highest BCUT2D eigenvalue weighted by atomic mass is 35.5. The minimum Gasteiger partial charge on any atom is -0.487 e. The van der Waals surface area contributed by atoms with Crippen LogP contribution in [0.5, 0.6) is 5.75 Å². The first-order valence-corrected chi connectivity index (χ1v) is 9.18. The minimum absolute atomic E-state index is 0.0345. The zero-order valence-electron chi connectivity index (χ0n) is 14.2. The van der Waals surface area contributed by atoms with Crippen LogP contribution in [-0.2, 0) is 11.3 Å². The van der Waals surface area contributed by atoms with Gasteiger partial charge in [-0.1, -0.05) is 60.8 Å². The third-order valence-corrected chi connectivity index (χ3v) is 4.99. The zero-order valence-corrected chi connectivity index (χ0v) is 14.9. The first-order chi connectivity index (χ1) is 11.7. The first-order valence-electron chi connectivity index (χ1n) is 8.80. The Morgan fingerprint density at radius 1 is 1.04 bits per heavy atom. The maximum Gasteiger partial charge on any atom is 0.127 e. The summed E-state index contributed by atoms with van der Waals surface area (Å²) in [6, 6.07) is 17.9. The highest BCUT2D eigenvalue weighted by Gasteiger charge is 2.31. The Balaban J connectivity index is 1.66. The van der Waals surface area contributed by atoms with Crippen LogP contribution in [0.3, 0.4) is 0 Å². The Morgan fingerprint density at radius 2 is 1.79 bits per heavy atom. The van der Waals surface area contributed by atoms with Gasteiger partial charge in [0, 0.05) is 5.02 Å². The number of hydrogen-bond donors (Lipinski definition) is 0. The van der Waals surface area contributed by atoms with Gasteiger partial charge in [-0.25, -0.2) is 0 Å². The molecule has 0 aromatic heterocycles. The van der Waals surface area contributed by atoms with Gasteiger partial charge in [0.2, 0.25) is 0 Å². The monoisotopic (exact) mass is 344 g/mol. The van der Waals surface area contributed by atoms with E-state index in [9.17, 15) is 0 Å². The van der Waals surface area contributed by atoms with Gasteiger partial charge in [0.15, 0.2) is 0 Å². The predicted molar refractivity (Wildman–Crippen MR) is 98.5 cm³/mol. The van der Waals surface area contributed by atoms with E-state index in [2.05, 4.69) is 19.1 Å². The molecule has 0 spiro atoms. The predicted octanol–water partition coefficient (Wildman–Crippen LogP) is 5.88. The highest BCUT2D eigenvalue weighted by Crippen LogP contribution is 2.33. The molecule has 2 aromatic carbocycles. The Hall–Kier alpha value is -1.51. The molecule has 0 unspecified atom stereocenters. The van der Waals surface area contributed by atoms with E-state index in [0.29, 0.717) is 17.5 Å². The fourth-order valence-electron chi connectivity index (χ4n) is 3.46. The number of benzene rings is 2. The van der Waals surface area contributed by atoms with Crippen molar-refractivity contribution >= 4 is 11.6 Å². The maximum absolute atomic E-state index is 6.32. The quantitative estimate of drug-likeness (QED) is 0.624. The standard InChI is InChI=1S/C21H25ClO2/c1-16(23-15-17-8-3-2-4-9-17)21(18-10-5-6-11-18)24-20-13-7-12-19(22)14-20/h2-4,7-9,12-14,16,18,21H,5-6,10-11,15H2,1H3/t16-,21-/m0/s1. The molecule has 0 bridgehead atoms. The summed E-state index contributed by atoms with van der Waals surface area (Å²) in [5.41, 5.74) is 1.19. The molecule has 0 heterocycles. The minimum atomic E-state index is 0.0345. The van der Waals surface area contributed by atoms with Gasteiger partial charge in [0.25, 0.3) is 0 Å². The summed E-state index contributed by atoms with van der Waals surface area (Å²) in [6.07, 6.45) is 5.09. The molecule has 3 rings (SSSR count). The van der Waals surface area contributed by atoms with Crippen molar-refractivity contribution in [1.29, 1.82) is 0 Å². The van der Waals surface area contributed by atoms with Crippen LogP contribution in [0.2, 0.25) is 5.02 Å². The summed E-state index contributed by atoms with van der Waals surface area (Å²) in [7, 11) is 0. The van der Waals surface area contributed by atoms with E-state index in [-0.39, 0.29) is 12.2 Å². The van der Waals surface area contributed by atoms with Crippen LogP contribution in [-0.4, -0.2) is 12.2 Å². The lowest BCUT2D eigenvalue weighted by atomic mass is 9.96. The summed E-state index contributed by atoms with van der Waals surface area (Å²) in [4.78, 5) is 0. The molecule has 0 aliphatic heterocycles. The van der Waals surface area contributed by atoms with Gasteiger partial charge in [0.05, 0.1) is 12.7 Å². The summed E-state index contributed by atoms with van der Waals surface area (Å²) in [6.45, 7) is 2.74. The van der Waals surface area contributed by atoms with Crippen molar-refractivity contribution < 1.29 is 9.47 Å². The first kappa shape index (κ1) is 17.3. The van der Waals surface area contributed by atoms with Gasteiger partial charge < -0.3 is 9.47 Å². The Kier molecular flexibility index (Phi) is 6.17. The largest absolute Gasteiger partial charge is 0.487 e. The molecule has 0 N–H and O–H groups in total. The van der Waals surface area contributed by atoms with E-state index >= 15 is 0 Å². The van der Waals surface area contributed by atoms with E-state index in [1.807, 2.05) is 42.5 Å². The molecule has 3 heteroatoms. The van der Waals surface area contributed by atoms with Crippen LogP contribution >= 0.6 is 11.6 Å². The van der Waals surface area contributed by atoms with Crippen molar-refractivity contribution in [1.82, 2.24) is 0 Å². The summed E-state index contributed by atoms with van der Waals surface area (Å²) >= 11 is 6.10. The van der Waals surface area contributed by atoms with Gasteiger partial charge >= 0.3 is 0 Å². The molecule has 128 valence electrons. The Morgan fingerprint density at radius 3 is 2.50 bits per heavy atom. The molecule has 2 nitrogen and oxygen atoms in total. The van der Waals surface area contributed by atoms with E-state index < -0.39 is 0 Å². The topological polar surface area (TPSA) is 18.5 Å². The van der Waals surface area contributed by atoms with Crippen LogP contribution in [0.15, 0.2) is 54.6 Å². The molecular weight excluding hydrogens is 320 g/mol. The molecule has 24 heavy (non-hydrogen) atoms. The Labute approximate surface area is 149 Å². The van der Waals surface area contributed by atoms with E-state index in [1.165, 1.54) is 31.2 Å². The third-order valence-electron chi connectivity index (χ3n) is 4.75. The average molecular weight is 345 g/mol. The summed E-state index contributed by atoms with van der Waals surface area (Å²) in [5, 5.41) is 0.704. The molecule has 2 aromatic rings. The Bertz CT molecular complexity index is 623. The van der Waals surface area contributed by atoms with Gasteiger partial charge in [-0.05, 0) is 49.4 Å².